The second-order valence-corrected chi connectivity index (χ2v) is 7.23. The van der Waals surface area contributed by atoms with Gasteiger partial charge in [-0.05, 0) is 44.2 Å². The molecule has 124 valence electrons. The van der Waals surface area contributed by atoms with Gasteiger partial charge in [0.2, 0.25) is 5.91 Å². The maximum absolute atomic E-state index is 12.2. The van der Waals surface area contributed by atoms with Crippen LogP contribution in [-0.4, -0.2) is 21.4 Å². The van der Waals surface area contributed by atoms with E-state index in [0.717, 1.165) is 15.7 Å². The number of nitrogens with zero attached hydrogens (tertiary/aromatic N) is 2. The van der Waals surface area contributed by atoms with E-state index in [1.165, 1.54) is 11.8 Å². The van der Waals surface area contributed by atoms with Crippen molar-refractivity contribution in [3.05, 3.63) is 46.8 Å². The number of rotatable bonds is 5. The normalized spacial score (nSPS) is 12.1. The van der Waals surface area contributed by atoms with Crippen molar-refractivity contribution in [2.75, 3.05) is 5.32 Å². The molecule has 0 aliphatic carbocycles. The number of aromatic nitrogens is 2. The predicted octanol–water partition coefficient (Wildman–Crippen LogP) is 4.52. The maximum Gasteiger partial charge on any atom is 0.277 e. The molecule has 1 N–H and O–H groups in total. The van der Waals surface area contributed by atoms with Gasteiger partial charge in [0.15, 0.2) is 0 Å². The first kappa shape index (κ1) is 16.8. The number of benzene rings is 1. The van der Waals surface area contributed by atoms with E-state index < -0.39 is 0 Å². The predicted molar refractivity (Wildman–Crippen MR) is 94.8 cm³/mol. The Labute approximate surface area is 151 Å². The summed E-state index contributed by atoms with van der Waals surface area (Å²) in [4.78, 5) is 12.2. The molecule has 0 saturated carbocycles. The van der Waals surface area contributed by atoms with E-state index in [1.54, 1.807) is 19.3 Å². The molecule has 3 rings (SSSR count). The molecule has 24 heavy (non-hydrogen) atoms. The number of nitrogens with one attached hydrogen (secondary N) is 1. The second kappa shape index (κ2) is 7.23. The summed E-state index contributed by atoms with van der Waals surface area (Å²) in [5.74, 6) is 0.946. The number of amides is 1. The maximum atomic E-state index is 12.2. The molecule has 1 amide bonds. The lowest BCUT2D eigenvalue weighted by Crippen LogP contribution is -2.22. The van der Waals surface area contributed by atoms with Crippen molar-refractivity contribution in [3.8, 4) is 11.5 Å². The number of carbonyl (C=O) groups is 1. The van der Waals surface area contributed by atoms with Gasteiger partial charge in [-0.3, -0.25) is 4.79 Å². The summed E-state index contributed by atoms with van der Waals surface area (Å²) in [6, 6.07) is 9.15. The monoisotopic (exact) mass is 407 g/mol. The largest absolute Gasteiger partial charge is 0.469 e. The zero-order valence-electron chi connectivity index (χ0n) is 12.9. The third-order valence-electron chi connectivity index (χ3n) is 3.25. The fourth-order valence-electron chi connectivity index (χ4n) is 1.95. The van der Waals surface area contributed by atoms with Crippen LogP contribution in [0, 0.1) is 6.92 Å². The minimum Gasteiger partial charge on any atom is -0.469 e. The lowest BCUT2D eigenvalue weighted by atomic mass is 10.3. The van der Waals surface area contributed by atoms with E-state index in [2.05, 4.69) is 31.4 Å². The number of anilines is 1. The van der Waals surface area contributed by atoms with Crippen LogP contribution in [0.2, 0.25) is 0 Å². The van der Waals surface area contributed by atoms with E-state index >= 15 is 0 Å². The second-order valence-electron chi connectivity index (χ2n) is 5.02. The van der Waals surface area contributed by atoms with Crippen LogP contribution in [0.3, 0.4) is 0 Å². The highest BCUT2D eigenvalue weighted by Crippen LogP contribution is 2.28. The first-order valence-electron chi connectivity index (χ1n) is 7.14. The Morgan fingerprint density at radius 1 is 1.25 bits per heavy atom. The van der Waals surface area contributed by atoms with Gasteiger partial charge >= 0.3 is 0 Å². The molecule has 1 atom stereocenters. The van der Waals surface area contributed by atoms with Crippen LogP contribution in [-0.2, 0) is 4.79 Å². The first-order valence-corrected chi connectivity index (χ1v) is 8.81. The number of hydrogen-bond donors (Lipinski definition) is 1. The number of aryl methyl sites for hydroxylation is 1. The summed E-state index contributed by atoms with van der Waals surface area (Å²) in [5.41, 5.74) is 1.48. The summed E-state index contributed by atoms with van der Waals surface area (Å²) in [7, 11) is 0. The quantitative estimate of drug-likeness (QED) is 0.626. The third-order valence-corrected chi connectivity index (χ3v) is 4.72. The van der Waals surface area contributed by atoms with Gasteiger partial charge < -0.3 is 14.2 Å². The van der Waals surface area contributed by atoms with Crippen LogP contribution < -0.4 is 5.32 Å². The molecule has 3 aromatic rings. The van der Waals surface area contributed by atoms with Crippen molar-refractivity contribution in [2.45, 2.75) is 24.3 Å². The highest BCUT2D eigenvalue weighted by Gasteiger charge is 2.20. The molecular weight excluding hydrogens is 394 g/mol. The van der Waals surface area contributed by atoms with E-state index in [-0.39, 0.29) is 11.2 Å². The van der Waals surface area contributed by atoms with Crippen LogP contribution in [0.15, 0.2) is 55.1 Å². The summed E-state index contributed by atoms with van der Waals surface area (Å²) >= 11 is 4.56. The highest BCUT2D eigenvalue weighted by molar-refractivity contribution is 9.10. The topological polar surface area (TPSA) is 81.2 Å². The van der Waals surface area contributed by atoms with Crippen molar-refractivity contribution in [2.24, 2.45) is 0 Å². The Balaban J connectivity index is 1.63. The van der Waals surface area contributed by atoms with Crippen molar-refractivity contribution in [3.63, 3.8) is 0 Å². The van der Waals surface area contributed by atoms with Gasteiger partial charge in [-0.15, -0.1) is 10.2 Å². The van der Waals surface area contributed by atoms with Crippen LogP contribution in [0.1, 0.15) is 12.7 Å². The smallest absolute Gasteiger partial charge is 0.277 e. The molecule has 2 aromatic heterocycles. The van der Waals surface area contributed by atoms with E-state index in [1.807, 2.05) is 31.2 Å². The van der Waals surface area contributed by atoms with Gasteiger partial charge in [0.1, 0.15) is 5.76 Å². The average Bonchev–Trinajstić information content (AvgIpc) is 3.18. The first-order chi connectivity index (χ1) is 11.5. The molecule has 0 saturated heterocycles. The molecule has 0 radical (unpaired) electrons. The summed E-state index contributed by atoms with van der Waals surface area (Å²) in [5, 5.41) is 10.8. The molecule has 6 nitrogen and oxygen atoms in total. The van der Waals surface area contributed by atoms with Gasteiger partial charge in [0.05, 0.1) is 17.1 Å². The number of hydrogen-bond acceptors (Lipinski definition) is 6. The number of thioether (sulfide) groups is 1. The molecule has 0 unspecified atom stereocenters. The fraction of sp³-hybridized carbons (Fsp3) is 0.188. The Hall–Kier alpha value is -2.06. The van der Waals surface area contributed by atoms with Gasteiger partial charge in [-0.1, -0.05) is 27.7 Å². The molecule has 0 bridgehead atoms. The van der Waals surface area contributed by atoms with Crippen molar-refractivity contribution < 1.29 is 13.6 Å². The Kier molecular flexibility index (Phi) is 5.06. The Bertz CT molecular complexity index is 844. The summed E-state index contributed by atoms with van der Waals surface area (Å²) < 4.78 is 11.8. The summed E-state index contributed by atoms with van der Waals surface area (Å²) in [6.07, 6.45) is 1.57. The van der Waals surface area contributed by atoms with E-state index in [4.69, 9.17) is 8.83 Å². The van der Waals surface area contributed by atoms with Gasteiger partial charge in [0, 0.05) is 10.2 Å². The van der Waals surface area contributed by atoms with E-state index in [9.17, 15) is 4.79 Å². The zero-order valence-corrected chi connectivity index (χ0v) is 15.3. The van der Waals surface area contributed by atoms with Gasteiger partial charge in [0.25, 0.3) is 11.1 Å². The number of carbonyl (C=O) groups excluding carboxylic acids is 1. The Morgan fingerprint density at radius 3 is 2.67 bits per heavy atom. The SMILES string of the molecule is Cc1occc1-c1nnc(S[C@@H](C)C(=O)Nc2ccc(Br)cc2)o1. The lowest BCUT2D eigenvalue weighted by molar-refractivity contribution is -0.115. The molecule has 1 aromatic carbocycles. The van der Waals surface area contributed by atoms with Crippen molar-refractivity contribution >= 4 is 39.3 Å². The zero-order chi connectivity index (χ0) is 17.1. The standard InChI is InChI=1S/C16H14BrN3O3S/c1-9-13(7-8-22-9)15-19-20-16(23-15)24-10(2)14(21)18-12-5-3-11(17)4-6-12/h3-8,10H,1-2H3,(H,18,21)/t10-/m0/s1. The minimum atomic E-state index is -0.382. The van der Waals surface area contributed by atoms with Crippen LogP contribution >= 0.6 is 27.7 Å². The fourth-order valence-corrected chi connectivity index (χ4v) is 2.90. The van der Waals surface area contributed by atoms with Crippen LogP contribution in [0.4, 0.5) is 5.69 Å². The number of halogens is 1. The Morgan fingerprint density at radius 2 is 2.00 bits per heavy atom. The van der Waals surface area contributed by atoms with Gasteiger partial charge in [-0.25, -0.2) is 0 Å². The van der Waals surface area contributed by atoms with Crippen molar-refractivity contribution in [1.29, 1.82) is 0 Å². The number of furan rings is 1. The average molecular weight is 408 g/mol. The third kappa shape index (κ3) is 3.88. The lowest BCUT2D eigenvalue weighted by Gasteiger charge is -2.09. The van der Waals surface area contributed by atoms with Crippen LogP contribution in [0.5, 0.6) is 0 Å². The van der Waals surface area contributed by atoms with Crippen LogP contribution in [0.25, 0.3) is 11.5 Å². The molecule has 0 fully saturated rings. The highest BCUT2D eigenvalue weighted by atomic mass is 79.9. The molecule has 0 aliphatic rings. The molecule has 0 aliphatic heterocycles. The van der Waals surface area contributed by atoms with Gasteiger partial charge in [-0.2, -0.15) is 0 Å². The van der Waals surface area contributed by atoms with E-state index in [0.29, 0.717) is 16.9 Å². The summed E-state index contributed by atoms with van der Waals surface area (Å²) in [6.45, 7) is 3.60. The molecule has 2 heterocycles. The molecular formula is C16H14BrN3O3S. The minimum absolute atomic E-state index is 0.137. The van der Waals surface area contributed by atoms with Crippen molar-refractivity contribution in [1.82, 2.24) is 10.2 Å². The molecule has 8 heteroatoms. The molecule has 0 spiro atoms.